The topological polar surface area (TPSA) is 104 Å². The molecule has 0 unspecified atom stereocenters. The molecule has 23 heteroatoms. The summed E-state index contributed by atoms with van der Waals surface area (Å²) in [5, 5.41) is 19.5. The molecule has 0 atom stereocenters. The molecule has 0 bridgehead atoms. The number of unbranched alkanes of at least 4 members (excludes halogenated alkanes) is 2. The van der Waals surface area contributed by atoms with Gasteiger partial charge in [0.05, 0.1) is 0 Å². The number of carboxylic acid groups (broad SMARTS) is 2. The smallest absolute Gasteiger partial charge is 0.460 e. The van der Waals surface area contributed by atoms with Gasteiger partial charge in [0.2, 0.25) is 11.4 Å². The third-order valence-corrected chi connectivity index (χ3v) is 5.45. The zero-order valence-electron chi connectivity index (χ0n) is 19.6. The molecule has 3 N–H and O–H groups in total. The first-order valence-electron chi connectivity index (χ1n) is 10.2. The maximum Gasteiger partial charge on any atom is 0.460 e. The molecule has 0 heterocycles. The van der Waals surface area contributed by atoms with E-state index in [1.54, 1.807) is 0 Å². The van der Waals surface area contributed by atoms with Crippen molar-refractivity contribution in [1.82, 2.24) is 5.32 Å². The van der Waals surface area contributed by atoms with Gasteiger partial charge in [0.1, 0.15) is 0 Å². The van der Waals surface area contributed by atoms with Crippen LogP contribution in [0.5, 0.6) is 0 Å². The molecule has 41 heavy (non-hydrogen) atoms. The van der Waals surface area contributed by atoms with Crippen molar-refractivity contribution < 1.29 is 99.2 Å². The number of hydrogen-bond acceptors (Lipinski definition) is 3. The average molecular weight is 649 g/mol. The van der Waals surface area contributed by atoms with Crippen LogP contribution in [-0.2, 0) is 14.4 Å². The second-order valence-electron chi connectivity index (χ2n) is 8.41. The molecule has 0 aliphatic rings. The van der Waals surface area contributed by atoms with Crippen molar-refractivity contribution in [2.75, 3.05) is 0 Å². The van der Waals surface area contributed by atoms with E-state index in [-0.39, 0.29) is 0 Å². The van der Waals surface area contributed by atoms with E-state index >= 15 is 0 Å². The van der Waals surface area contributed by atoms with E-state index in [9.17, 15) is 89.0 Å². The van der Waals surface area contributed by atoms with Gasteiger partial charge in [0.15, 0.2) is 0 Å². The Morgan fingerprint density at radius 1 is 0.512 bits per heavy atom. The van der Waals surface area contributed by atoms with E-state index < -0.39 is 103 Å². The van der Waals surface area contributed by atoms with Crippen molar-refractivity contribution in [2.45, 2.75) is 92.2 Å². The maximum absolute atomic E-state index is 13.9. The van der Waals surface area contributed by atoms with E-state index in [1.807, 2.05) is 0 Å². The minimum absolute atomic E-state index is 0.628. The zero-order valence-corrected chi connectivity index (χ0v) is 19.6. The molecule has 0 radical (unpaired) electrons. The summed E-state index contributed by atoms with van der Waals surface area (Å²) in [7, 11) is 0. The lowest BCUT2D eigenvalue weighted by atomic mass is 9.87. The van der Waals surface area contributed by atoms with Gasteiger partial charge in [0, 0.05) is 13.3 Å². The van der Waals surface area contributed by atoms with Crippen LogP contribution in [-0.4, -0.2) is 81.2 Å². The molecule has 0 aromatic heterocycles. The fourth-order valence-electron chi connectivity index (χ4n) is 3.04. The molecule has 0 saturated heterocycles. The standard InChI is InChI=1S/C18H16F17NO5/c1-7(37)36-10(8(38)39,9(40)41)5-3-2-4-6-11(19,20)12(21,22)13(23,24)14(25,26)15(27,28)16(29,30)17(31,32)18(33,34)35/h2-6H2,1H3,(H,36,37)(H,38,39)(H,40,41). The maximum atomic E-state index is 13.9. The minimum atomic E-state index is -8.73. The monoisotopic (exact) mass is 649 g/mol. The molecular formula is C18H16F17NO5. The number of carbonyl (C=O) groups is 3. The van der Waals surface area contributed by atoms with Crippen LogP contribution in [0.25, 0.3) is 0 Å². The van der Waals surface area contributed by atoms with Crippen molar-refractivity contribution in [3.05, 3.63) is 0 Å². The van der Waals surface area contributed by atoms with Crippen molar-refractivity contribution in [3.8, 4) is 0 Å². The lowest BCUT2D eigenvalue weighted by Crippen LogP contribution is -2.74. The number of carbonyl (C=O) groups excluding carboxylic acids is 1. The first-order chi connectivity index (χ1) is 17.8. The highest BCUT2D eigenvalue weighted by Gasteiger charge is 2.95. The number of rotatable bonds is 15. The number of halogens is 17. The second-order valence-corrected chi connectivity index (χ2v) is 8.41. The molecule has 0 rings (SSSR count). The number of hydrogen-bond donors (Lipinski definition) is 3. The summed E-state index contributed by atoms with van der Waals surface area (Å²) in [6.07, 6.45) is -15.3. The number of aliphatic carboxylic acids is 2. The number of nitrogens with one attached hydrogen (secondary N) is 1. The lowest BCUT2D eigenvalue weighted by molar-refractivity contribution is -0.461. The highest BCUT2D eigenvalue weighted by atomic mass is 19.4. The quantitative estimate of drug-likeness (QED) is 0.115. The van der Waals surface area contributed by atoms with Crippen LogP contribution in [0.15, 0.2) is 0 Å². The molecule has 242 valence electrons. The van der Waals surface area contributed by atoms with Gasteiger partial charge in [-0.15, -0.1) is 0 Å². The summed E-state index contributed by atoms with van der Waals surface area (Å²) in [4.78, 5) is 33.5. The van der Waals surface area contributed by atoms with Gasteiger partial charge in [-0.05, 0) is 19.3 Å². The van der Waals surface area contributed by atoms with Gasteiger partial charge in [-0.3, -0.25) is 4.79 Å². The van der Waals surface area contributed by atoms with Gasteiger partial charge < -0.3 is 15.5 Å². The van der Waals surface area contributed by atoms with Crippen LogP contribution in [0.4, 0.5) is 74.6 Å². The summed E-state index contributed by atoms with van der Waals surface area (Å²) < 4.78 is 225. The average Bonchev–Trinajstić information content (AvgIpc) is 2.75. The highest BCUT2D eigenvalue weighted by Crippen LogP contribution is 2.64. The van der Waals surface area contributed by atoms with Gasteiger partial charge in [0.25, 0.3) is 0 Å². The van der Waals surface area contributed by atoms with E-state index in [4.69, 9.17) is 10.2 Å². The first kappa shape index (κ1) is 38.2. The Kier molecular flexibility index (Phi) is 10.4. The summed E-state index contributed by atoms with van der Waals surface area (Å²) in [5.41, 5.74) is -3.14. The molecule has 0 saturated carbocycles. The number of carboxylic acids is 2. The van der Waals surface area contributed by atoms with Gasteiger partial charge in [-0.2, -0.15) is 74.6 Å². The predicted molar refractivity (Wildman–Crippen MR) is 95.6 cm³/mol. The first-order valence-corrected chi connectivity index (χ1v) is 10.2. The van der Waals surface area contributed by atoms with Gasteiger partial charge >= 0.3 is 59.6 Å². The summed E-state index contributed by atoms with van der Waals surface area (Å²) in [6.45, 7) is 0.628. The highest BCUT2D eigenvalue weighted by molar-refractivity contribution is 6.06. The molecular weight excluding hydrogens is 633 g/mol. The molecule has 0 aliphatic heterocycles. The van der Waals surface area contributed by atoms with Crippen LogP contribution in [0.2, 0.25) is 0 Å². The van der Waals surface area contributed by atoms with E-state index in [0.717, 1.165) is 0 Å². The molecule has 0 aromatic rings. The second kappa shape index (κ2) is 11.1. The predicted octanol–water partition coefficient (Wildman–Crippen LogP) is 5.99. The molecule has 6 nitrogen and oxygen atoms in total. The Hall–Kier alpha value is -2.78. The number of alkyl halides is 17. The van der Waals surface area contributed by atoms with Crippen LogP contribution in [0.3, 0.4) is 0 Å². The zero-order chi connectivity index (χ0) is 33.5. The molecule has 0 spiro atoms. The Balaban J connectivity index is 6.07. The van der Waals surface area contributed by atoms with Crippen LogP contribution >= 0.6 is 0 Å². The minimum Gasteiger partial charge on any atom is -0.479 e. The van der Waals surface area contributed by atoms with Crippen molar-refractivity contribution in [3.63, 3.8) is 0 Å². The Morgan fingerprint density at radius 3 is 1.15 bits per heavy atom. The summed E-state index contributed by atoms with van der Waals surface area (Å²) in [6, 6.07) is 0. The molecule has 0 aliphatic carbocycles. The summed E-state index contributed by atoms with van der Waals surface area (Å²) >= 11 is 0. The molecule has 1 amide bonds. The Bertz CT molecular complexity index is 979. The Morgan fingerprint density at radius 2 is 0.829 bits per heavy atom. The Labute approximate surface area is 215 Å². The van der Waals surface area contributed by atoms with Crippen LogP contribution < -0.4 is 5.32 Å². The van der Waals surface area contributed by atoms with E-state index in [1.165, 1.54) is 5.32 Å². The normalized spacial score (nSPS) is 15.1. The van der Waals surface area contributed by atoms with Crippen molar-refractivity contribution >= 4 is 17.8 Å². The van der Waals surface area contributed by atoms with Gasteiger partial charge in [-0.1, -0.05) is 6.42 Å². The van der Waals surface area contributed by atoms with E-state index in [2.05, 4.69) is 0 Å². The molecule has 0 fully saturated rings. The fourth-order valence-corrected chi connectivity index (χ4v) is 3.04. The largest absolute Gasteiger partial charge is 0.479 e. The van der Waals surface area contributed by atoms with Crippen LogP contribution in [0.1, 0.15) is 39.0 Å². The summed E-state index contributed by atoms with van der Waals surface area (Å²) in [5.74, 6) is -62.9. The molecule has 0 aromatic carbocycles. The SMILES string of the molecule is CC(=O)NC(CCCCCC(F)(F)C(F)(F)C(F)(F)C(F)(F)C(F)(F)C(F)(F)C(F)(F)C(F)(F)F)(C(=O)O)C(=O)O. The van der Waals surface area contributed by atoms with Crippen molar-refractivity contribution in [1.29, 1.82) is 0 Å². The van der Waals surface area contributed by atoms with Gasteiger partial charge in [-0.25, -0.2) is 9.59 Å². The third kappa shape index (κ3) is 6.07. The fraction of sp³-hybridized carbons (Fsp3) is 0.833. The van der Waals surface area contributed by atoms with Crippen LogP contribution in [0, 0.1) is 0 Å². The number of amides is 1. The van der Waals surface area contributed by atoms with Crippen molar-refractivity contribution in [2.24, 2.45) is 0 Å². The van der Waals surface area contributed by atoms with E-state index in [0.29, 0.717) is 6.92 Å². The lowest BCUT2D eigenvalue weighted by Gasteiger charge is -2.42. The third-order valence-electron chi connectivity index (χ3n) is 5.45.